The number of aromatic carboxylic acids is 1. The number of hydrogen-bond acceptors (Lipinski definition) is 3. The van der Waals surface area contributed by atoms with Crippen LogP contribution in [0.2, 0.25) is 0 Å². The minimum Gasteiger partial charge on any atom is -0.477 e. The molecule has 0 aliphatic heterocycles. The maximum absolute atomic E-state index is 11.6. The number of carbonyl (C=O) groups is 2. The Labute approximate surface area is 116 Å². The average molecular weight is 281 g/mol. The number of carbonyl (C=O) groups excluding carboxylic acids is 1. The number of aromatic nitrogens is 1. The van der Waals surface area contributed by atoms with Gasteiger partial charge in [-0.25, -0.2) is 9.59 Å². The Morgan fingerprint density at radius 3 is 2.90 bits per heavy atom. The van der Waals surface area contributed by atoms with Crippen LogP contribution < -0.4 is 10.6 Å². The van der Waals surface area contributed by atoms with E-state index in [1.165, 1.54) is 12.8 Å². The van der Waals surface area contributed by atoms with Crippen molar-refractivity contribution in [2.24, 2.45) is 5.92 Å². The molecule has 0 atom stereocenters. The van der Waals surface area contributed by atoms with E-state index in [0.29, 0.717) is 24.8 Å². The largest absolute Gasteiger partial charge is 0.477 e. The van der Waals surface area contributed by atoms with Crippen LogP contribution in [-0.2, 0) is 4.74 Å². The summed E-state index contributed by atoms with van der Waals surface area (Å²) >= 11 is 0. The van der Waals surface area contributed by atoms with E-state index in [1.54, 1.807) is 13.0 Å². The molecule has 110 valence electrons. The lowest BCUT2D eigenvalue weighted by Gasteiger charge is -2.07. The zero-order valence-corrected chi connectivity index (χ0v) is 11.4. The van der Waals surface area contributed by atoms with Gasteiger partial charge in [-0.05, 0) is 31.7 Å². The molecule has 2 amide bonds. The Hall–Kier alpha value is -2.02. The molecule has 0 aromatic carbocycles. The highest BCUT2D eigenvalue weighted by molar-refractivity contribution is 5.99. The fourth-order valence-corrected chi connectivity index (χ4v) is 1.79. The smallest absolute Gasteiger partial charge is 0.354 e. The number of aromatic amines is 1. The van der Waals surface area contributed by atoms with Crippen LogP contribution in [0.25, 0.3) is 0 Å². The number of rotatable bonds is 7. The van der Waals surface area contributed by atoms with E-state index < -0.39 is 12.0 Å². The summed E-state index contributed by atoms with van der Waals surface area (Å²) in [6.45, 7) is 3.33. The topological polar surface area (TPSA) is 103 Å². The fraction of sp³-hybridized carbons (Fsp3) is 0.538. The summed E-state index contributed by atoms with van der Waals surface area (Å²) in [4.78, 5) is 25.3. The first kappa shape index (κ1) is 14.4. The second-order valence-corrected chi connectivity index (χ2v) is 4.95. The van der Waals surface area contributed by atoms with Crippen LogP contribution in [0.5, 0.6) is 0 Å². The number of anilines is 1. The van der Waals surface area contributed by atoms with E-state index >= 15 is 0 Å². The summed E-state index contributed by atoms with van der Waals surface area (Å²) in [5.41, 5.74) is 0.902. The fourth-order valence-electron chi connectivity index (χ4n) is 1.79. The Kier molecular flexibility index (Phi) is 4.62. The highest BCUT2D eigenvalue weighted by Gasteiger charge is 2.21. The summed E-state index contributed by atoms with van der Waals surface area (Å²) in [5, 5.41) is 14.1. The highest BCUT2D eigenvalue weighted by atomic mass is 16.5. The monoisotopic (exact) mass is 281 g/mol. The molecule has 7 nitrogen and oxygen atoms in total. The van der Waals surface area contributed by atoms with Gasteiger partial charge in [0, 0.05) is 18.8 Å². The number of ether oxygens (including phenoxy) is 1. The van der Waals surface area contributed by atoms with Crippen molar-refractivity contribution in [1.82, 2.24) is 10.3 Å². The zero-order chi connectivity index (χ0) is 14.5. The SMILES string of the molecule is Cc1cc(NC(=O)NCCOCC2CC2)c(C(=O)O)[nH]1. The maximum Gasteiger partial charge on any atom is 0.354 e. The summed E-state index contributed by atoms with van der Waals surface area (Å²) < 4.78 is 5.38. The molecule has 2 rings (SSSR count). The van der Waals surface area contributed by atoms with Gasteiger partial charge in [-0.1, -0.05) is 0 Å². The molecule has 1 aliphatic carbocycles. The van der Waals surface area contributed by atoms with Gasteiger partial charge in [0.1, 0.15) is 5.69 Å². The van der Waals surface area contributed by atoms with Crippen LogP contribution in [0, 0.1) is 12.8 Å². The minimum absolute atomic E-state index is 0.0253. The quantitative estimate of drug-likeness (QED) is 0.569. The predicted octanol–water partition coefficient (Wildman–Crippen LogP) is 1.57. The van der Waals surface area contributed by atoms with Gasteiger partial charge in [-0.2, -0.15) is 0 Å². The first-order chi connectivity index (χ1) is 9.56. The van der Waals surface area contributed by atoms with Gasteiger partial charge < -0.3 is 25.5 Å². The van der Waals surface area contributed by atoms with Crippen molar-refractivity contribution in [3.8, 4) is 0 Å². The van der Waals surface area contributed by atoms with E-state index in [2.05, 4.69) is 15.6 Å². The normalized spacial score (nSPS) is 14.1. The number of nitrogens with one attached hydrogen (secondary N) is 3. The molecule has 0 bridgehead atoms. The lowest BCUT2D eigenvalue weighted by atomic mass is 10.3. The van der Waals surface area contributed by atoms with Crippen LogP contribution in [0.1, 0.15) is 29.0 Å². The molecule has 1 fully saturated rings. The second kappa shape index (κ2) is 6.42. The van der Waals surface area contributed by atoms with Crippen molar-refractivity contribution in [2.45, 2.75) is 19.8 Å². The molecule has 1 heterocycles. The number of carboxylic acids is 1. The average Bonchev–Trinajstić information content (AvgIpc) is 3.12. The Balaban J connectivity index is 1.71. The number of amides is 2. The molecular formula is C13H19N3O4. The van der Waals surface area contributed by atoms with Crippen LogP contribution in [-0.4, -0.2) is 41.8 Å². The van der Waals surface area contributed by atoms with Crippen molar-refractivity contribution < 1.29 is 19.4 Å². The van der Waals surface area contributed by atoms with E-state index in [4.69, 9.17) is 9.84 Å². The lowest BCUT2D eigenvalue weighted by Crippen LogP contribution is -2.32. The van der Waals surface area contributed by atoms with Gasteiger partial charge in [0.2, 0.25) is 0 Å². The summed E-state index contributed by atoms with van der Waals surface area (Å²) in [6.07, 6.45) is 2.47. The molecular weight excluding hydrogens is 262 g/mol. The van der Waals surface area contributed by atoms with Crippen molar-refractivity contribution in [3.63, 3.8) is 0 Å². The number of carboxylic acid groups (broad SMARTS) is 1. The Bertz CT molecular complexity index is 494. The molecule has 1 aliphatic rings. The molecule has 20 heavy (non-hydrogen) atoms. The van der Waals surface area contributed by atoms with Crippen LogP contribution in [0.4, 0.5) is 10.5 Å². The van der Waals surface area contributed by atoms with E-state index in [-0.39, 0.29) is 11.4 Å². The molecule has 0 saturated heterocycles. The van der Waals surface area contributed by atoms with Crippen molar-refractivity contribution in [1.29, 1.82) is 0 Å². The third-order valence-corrected chi connectivity index (χ3v) is 3.00. The molecule has 0 radical (unpaired) electrons. The van der Waals surface area contributed by atoms with Gasteiger partial charge >= 0.3 is 12.0 Å². The first-order valence-electron chi connectivity index (χ1n) is 6.61. The first-order valence-corrected chi connectivity index (χ1v) is 6.61. The lowest BCUT2D eigenvalue weighted by molar-refractivity contribution is 0.0692. The highest BCUT2D eigenvalue weighted by Crippen LogP contribution is 2.28. The standard InChI is InChI=1S/C13H19N3O4/c1-8-6-10(11(15-8)12(17)18)16-13(19)14-4-5-20-7-9-2-3-9/h6,9,15H,2-5,7H2,1H3,(H,17,18)(H2,14,16,19). The molecule has 1 aromatic rings. The number of urea groups is 1. The van der Waals surface area contributed by atoms with E-state index in [0.717, 1.165) is 6.61 Å². The van der Waals surface area contributed by atoms with Gasteiger partial charge in [0.15, 0.2) is 0 Å². The van der Waals surface area contributed by atoms with E-state index in [1.807, 2.05) is 0 Å². The molecule has 0 spiro atoms. The number of H-pyrrole nitrogens is 1. The second-order valence-electron chi connectivity index (χ2n) is 4.95. The van der Waals surface area contributed by atoms with Crippen molar-refractivity contribution in [3.05, 3.63) is 17.5 Å². The third-order valence-electron chi connectivity index (χ3n) is 3.00. The van der Waals surface area contributed by atoms with Gasteiger partial charge in [-0.15, -0.1) is 0 Å². The van der Waals surface area contributed by atoms with Crippen LogP contribution >= 0.6 is 0 Å². The summed E-state index contributed by atoms with van der Waals surface area (Å²) in [6, 6.07) is 1.13. The van der Waals surface area contributed by atoms with Crippen LogP contribution in [0.3, 0.4) is 0 Å². The molecule has 4 N–H and O–H groups in total. The Morgan fingerprint density at radius 2 is 2.25 bits per heavy atom. The number of aryl methyl sites for hydroxylation is 1. The maximum atomic E-state index is 11.6. The molecule has 7 heteroatoms. The minimum atomic E-state index is -1.11. The van der Waals surface area contributed by atoms with E-state index in [9.17, 15) is 9.59 Å². The molecule has 0 unspecified atom stereocenters. The molecule has 1 aromatic heterocycles. The van der Waals surface area contributed by atoms with Gasteiger partial charge in [-0.3, -0.25) is 0 Å². The zero-order valence-electron chi connectivity index (χ0n) is 11.4. The van der Waals surface area contributed by atoms with Crippen molar-refractivity contribution >= 4 is 17.7 Å². The number of hydrogen-bond donors (Lipinski definition) is 4. The van der Waals surface area contributed by atoms with Crippen molar-refractivity contribution in [2.75, 3.05) is 25.1 Å². The Morgan fingerprint density at radius 1 is 1.50 bits per heavy atom. The van der Waals surface area contributed by atoms with Gasteiger partial charge in [0.25, 0.3) is 0 Å². The predicted molar refractivity (Wildman–Crippen MR) is 73.1 cm³/mol. The molecule has 1 saturated carbocycles. The van der Waals surface area contributed by atoms with Crippen LogP contribution in [0.15, 0.2) is 6.07 Å². The van der Waals surface area contributed by atoms with Gasteiger partial charge in [0.05, 0.1) is 12.3 Å². The third kappa shape index (κ3) is 4.27. The summed E-state index contributed by atoms with van der Waals surface area (Å²) in [5.74, 6) is -0.411. The summed E-state index contributed by atoms with van der Waals surface area (Å²) in [7, 11) is 0.